The Labute approximate surface area is 241 Å². The van der Waals surface area contributed by atoms with E-state index in [9.17, 15) is 19.8 Å². The molecule has 5 rings (SSSR count). The number of aliphatic hydroxyl groups is 1. The molecule has 8 heteroatoms. The number of carbonyl (C=O) groups is 2. The van der Waals surface area contributed by atoms with Gasteiger partial charge in [-0.15, -0.1) is 0 Å². The first-order valence-electron chi connectivity index (χ1n) is 14.5. The highest BCUT2D eigenvalue weighted by Crippen LogP contribution is 2.41. The van der Waals surface area contributed by atoms with Gasteiger partial charge in [0.15, 0.2) is 12.4 Å². The van der Waals surface area contributed by atoms with Gasteiger partial charge in [-0.05, 0) is 47.2 Å². The molecule has 0 saturated carbocycles. The second-order valence-electron chi connectivity index (χ2n) is 11.2. The number of unbranched alkanes of at least 4 members (excludes halogenated alkanes) is 1. The van der Waals surface area contributed by atoms with Gasteiger partial charge in [-0.25, -0.2) is 4.57 Å². The zero-order chi connectivity index (χ0) is 28.9. The van der Waals surface area contributed by atoms with Gasteiger partial charge in [0.25, 0.3) is 0 Å². The summed E-state index contributed by atoms with van der Waals surface area (Å²) in [5.74, 6) is -1.05. The first-order valence-corrected chi connectivity index (χ1v) is 14.5. The van der Waals surface area contributed by atoms with E-state index in [1.54, 1.807) is 0 Å². The van der Waals surface area contributed by atoms with Gasteiger partial charge in [0.1, 0.15) is 18.5 Å². The van der Waals surface area contributed by atoms with Crippen LogP contribution in [0.5, 0.6) is 5.75 Å². The van der Waals surface area contributed by atoms with Gasteiger partial charge < -0.3 is 19.8 Å². The Morgan fingerprint density at radius 2 is 1.93 bits per heavy atom. The zero-order valence-corrected chi connectivity index (χ0v) is 23.9. The van der Waals surface area contributed by atoms with Crippen LogP contribution in [-0.4, -0.2) is 59.3 Å². The third-order valence-corrected chi connectivity index (χ3v) is 8.50. The first kappa shape index (κ1) is 28.8. The number of carbonyl (C=O) groups excluding carboxylic acids is 1. The Morgan fingerprint density at radius 3 is 2.66 bits per heavy atom. The fourth-order valence-electron chi connectivity index (χ4n) is 6.36. The molecule has 2 aliphatic heterocycles. The van der Waals surface area contributed by atoms with Crippen molar-refractivity contribution >= 4 is 17.6 Å². The number of nitrogens with zero attached hydrogens (tertiary/aromatic N) is 3. The standard InChI is InChI=1S/C33H39N3O5/c1-3-4-15-36(27-10-7-14-34(2)19-27)31(38)21-35-20-28(24-11-12-30-25(17-24)13-16-41-30)32(33(39)40)29(35)18-23-8-5-6-9-26(23)22-37/h5-12,14,17,19,28-29,32,37H,3-4,13,15-16,18,20-22H2,1-2H3/p+1/t28-,29+,32-/m1/s1. The molecule has 2 aliphatic rings. The summed E-state index contributed by atoms with van der Waals surface area (Å²) in [5.41, 5.74) is 4.59. The minimum Gasteiger partial charge on any atom is -0.493 e. The van der Waals surface area contributed by atoms with Crippen LogP contribution in [0.3, 0.4) is 0 Å². The molecule has 2 N–H and O–H groups in total. The molecule has 41 heavy (non-hydrogen) atoms. The normalized spacial score (nSPS) is 20.0. The molecule has 3 atom stereocenters. The summed E-state index contributed by atoms with van der Waals surface area (Å²) in [5, 5.41) is 20.6. The third kappa shape index (κ3) is 6.29. The quantitative estimate of drug-likeness (QED) is 0.350. The second-order valence-corrected chi connectivity index (χ2v) is 11.2. The van der Waals surface area contributed by atoms with Crippen LogP contribution in [0.1, 0.15) is 47.9 Å². The van der Waals surface area contributed by atoms with Crippen molar-refractivity contribution in [1.29, 1.82) is 0 Å². The predicted octanol–water partition coefficient (Wildman–Crippen LogP) is 3.48. The fraction of sp³-hybridized carbons (Fsp3) is 0.424. The lowest BCUT2D eigenvalue weighted by atomic mass is 9.82. The van der Waals surface area contributed by atoms with Crippen molar-refractivity contribution in [1.82, 2.24) is 4.90 Å². The summed E-state index contributed by atoms with van der Waals surface area (Å²) in [6.45, 7) is 3.79. The van der Waals surface area contributed by atoms with Gasteiger partial charge in [-0.2, -0.15) is 0 Å². The highest BCUT2D eigenvalue weighted by atomic mass is 16.5. The molecule has 216 valence electrons. The van der Waals surface area contributed by atoms with E-state index in [1.165, 1.54) is 0 Å². The van der Waals surface area contributed by atoms with Crippen molar-refractivity contribution in [3.63, 3.8) is 0 Å². The monoisotopic (exact) mass is 558 g/mol. The van der Waals surface area contributed by atoms with Crippen molar-refractivity contribution in [2.24, 2.45) is 13.0 Å². The maximum absolute atomic E-state index is 14.0. The van der Waals surface area contributed by atoms with E-state index >= 15 is 0 Å². The Hall–Kier alpha value is -3.75. The SMILES string of the molecule is CCCCN(C(=O)CN1C[C@H](c2ccc3c(c2)CCO3)[C@@H](C(=O)O)[C@@H]1Cc1ccccc1CO)c1ccc[n+](C)c1. The number of fused-ring (bicyclic) bond motifs is 1. The van der Waals surface area contributed by atoms with Crippen LogP contribution < -0.4 is 14.2 Å². The molecule has 1 fully saturated rings. The number of amides is 1. The third-order valence-electron chi connectivity index (χ3n) is 8.50. The van der Waals surface area contributed by atoms with Crippen LogP contribution in [0.25, 0.3) is 0 Å². The topological polar surface area (TPSA) is 94.2 Å². The van der Waals surface area contributed by atoms with Crippen molar-refractivity contribution in [2.75, 3.05) is 31.1 Å². The van der Waals surface area contributed by atoms with Gasteiger partial charge >= 0.3 is 5.97 Å². The van der Waals surface area contributed by atoms with Gasteiger partial charge in [0.05, 0.1) is 25.7 Å². The van der Waals surface area contributed by atoms with E-state index in [2.05, 4.69) is 17.9 Å². The smallest absolute Gasteiger partial charge is 0.308 e. The number of pyridine rings is 1. The molecular weight excluding hydrogens is 518 g/mol. The van der Waals surface area contributed by atoms with Crippen LogP contribution in [0, 0.1) is 5.92 Å². The lowest BCUT2D eigenvalue weighted by Gasteiger charge is -2.30. The average Bonchev–Trinajstić information content (AvgIpc) is 3.58. The molecule has 0 aliphatic carbocycles. The molecule has 1 aromatic heterocycles. The van der Waals surface area contributed by atoms with E-state index in [4.69, 9.17) is 4.74 Å². The number of hydrogen-bond donors (Lipinski definition) is 2. The number of likely N-dealkylation sites (tertiary alicyclic amines) is 1. The summed E-state index contributed by atoms with van der Waals surface area (Å²) in [6.07, 6.45) is 6.95. The van der Waals surface area contributed by atoms with Crippen LogP contribution in [-0.2, 0) is 36.1 Å². The molecule has 0 spiro atoms. The second kappa shape index (κ2) is 12.8. The summed E-state index contributed by atoms with van der Waals surface area (Å²) in [7, 11) is 1.94. The number of carboxylic acid groups (broad SMARTS) is 1. The van der Waals surface area contributed by atoms with Crippen molar-refractivity contribution in [3.8, 4) is 5.75 Å². The zero-order valence-electron chi connectivity index (χ0n) is 23.9. The molecule has 8 nitrogen and oxygen atoms in total. The van der Waals surface area contributed by atoms with Crippen LogP contribution in [0.15, 0.2) is 67.0 Å². The summed E-state index contributed by atoms with van der Waals surface area (Å²) in [4.78, 5) is 30.8. The highest BCUT2D eigenvalue weighted by Gasteiger charge is 2.47. The minimum atomic E-state index is -0.869. The molecule has 0 radical (unpaired) electrons. The average molecular weight is 559 g/mol. The van der Waals surface area contributed by atoms with Crippen LogP contribution in [0.2, 0.25) is 0 Å². The summed E-state index contributed by atoms with van der Waals surface area (Å²) >= 11 is 0. The van der Waals surface area contributed by atoms with E-state index < -0.39 is 17.9 Å². The summed E-state index contributed by atoms with van der Waals surface area (Å²) in [6, 6.07) is 17.1. The predicted molar refractivity (Wildman–Crippen MR) is 156 cm³/mol. The molecule has 2 aromatic carbocycles. The van der Waals surface area contributed by atoms with Crippen molar-refractivity contribution in [3.05, 3.63) is 89.2 Å². The lowest BCUT2D eigenvalue weighted by molar-refractivity contribution is -0.670. The molecule has 0 unspecified atom stereocenters. The van der Waals surface area contributed by atoms with E-state index in [0.717, 1.165) is 53.0 Å². The van der Waals surface area contributed by atoms with E-state index in [-0.39, 0.29) is 25.0 Å². The van der Waals surface area contributed by atoms with Gasteiger partial charge in [0.2, 0.25) is 5.91 Å². The molecule has 1 amide bonds. The number of anilines is 1. The number of hydrogen-bond acceptors (Lipinski definition) is 5. The number of ether oxygens (including phenoxy) is 1. The number of aryl methyl sites for hydroxylation is 1. The minimum absolute atomic E-state index is 0.0442. The molecule has 3 heterocycles. The highest BCUT2D eigenvalue weighted by molar-refractivity contribution is 5.94. The van der Waals surface area contributed by atoms with E-state index in [0.29, 0.717) is 26.1 Å². The summed E-state index contributed by atoms with van der Waals surface area (Å²) < 4.78 is 7.63. The van der Waals surface area contributed by atoms with Crippen LogP contribution >= 0.6 is 0 Å². The lowest BCUT2D eigenvalue weighted by Crippen LogP contribution is -2.46. The van der Waals surface area contributed by atoms with Crippen molar-refractivity contribution < 1.29 is 29.1 Å². The van der Waals surface area contributed by atoms with E-state index in [1.807, 2.05) is 77.4 Å². The number of carboxylic acids is 1. The molecular formula is C33H40N3O5+. The van der Waals surface area contributed by atoms with Crippen LogP contribution in [0.4, 0.5) is 5.69 Å². The Balaban J connectivity index is 1.49. The molecule has 0 bridgehead atoms. The Kier molecular flexibility index (Phi) is 9.00. The number of aliphatic carboxylic acids is 1. The van der Waals surface area contributed by atoms with Crippen molar-refractivity contribution in [2.45, 2.75) is 51.2 Å². The number of benzene rings is 2. The maximum Gasteiger partial charge on any atom is 0.308 e. The molecule has 3 aromatic rings. The largest absolute Gasteiger partial charge is 0.493 e. The molecule has 1 saturated heterocycles. The van der Waals surface area contributed by atoms with Gasteiger partial charge in [-0.1, -0.05) is 49.7 Å². The first-order chi connectivity index (χ1) is 19.9. The van der Waals surface area contributed by atoms with Gasteiger partial charge in [0, 0.05) is 37.5 Å². The Morgan fingerprint density at radius 1 is 1.12 bits per heavy atom. The Bertz CT molecular complexity index is 1390. The maximum atomic E-state index is 14.0. The number of rotatable bonds is 11. The number of aromatic nitrogens is 1. The van der Waals surface area contributed by atoms with Gasteiger partial charge in [-0.3, -0.25) is 14.5 Å². The fourth-order valence-corrected chi connectivity index (χ4v) is 6.36. The number of aliphatic hydroxyl groups excluding tert-OH is 1.